The van der Waals surface area contributed by atoms with Crippen LogP contribution in [0.15, 0.2) is 54.7 Å². The van der Waals surface area contributed by atoms with Crippen molar-refractivity contribution in [1.29, 1.82) is 0 Å². The fourth-order valence-corrected chi connectivity index (χ4v) is 4.14. The first-order chi connectivity index (χ1) is 14.2. The monoisotopic (exact) mass is 386 g/mol. The Morgan fingerprint density at radius 1 is 1.10 bits per heavy atom. The molecule has 1 aliphatic heterocycles. The van der Waals surface area contributed by atoms with E-state index in [-0.39, 0.29) is 11.9 Å². The molecule has 1 amide bonds. The van der Waals surface area contributed by atoms with Gasteiger partial charge in [-0.15, -0.1) is 0 Å². The number of imidazole rings is 1. The number of fused-ring (bicyclic) bond motifs is 1. The van der Waals surface area contributed by atoms with E-state index in [1.165, 1.54) is 0 Å². The zero-order chi connectivity index (χ0) is 19.8. The van der Waals surface area contributed by atoms with Crippen molar-refractivity contribution in [2.24, 2.45) is 7.05 Å². The molecule has 1 fully saturated rings. The van der Waals surface area contributed by atoms with Crippen molar-refractivity contribution < 1.29 is 4.79 Å². The molecule has 0 spiro atoms. The molecule has 1 N–H and O–H groups in total. The number of benzene rings is 1. The highest BCUT2D eigenvalue weighted by Crippen LogP contribution is 2.33. The van der Waals surface area contributed by atoms with Crippen LogP contribution in [0.25, 0.3) is 22.4 Å². The molecule has 5 rings (SSSR count). The number of rotatable bonds is 3. The van der Waals surface area contributed by atoms with Crippen molar-refractivity contribution in [2.75, 3.05) is 6.54 Å². The lowest BCUT2D eigenvalue weighted by atomic mass is 10.0. The highest BCUT2D eigenvalue weighted by atomic mass is 16.2. The lowest BCUT2D eigenvalue weighted by molar-refractivity contribution is 0.0591. The molecule has 146 valence electrons. The topological polar surface area (TPSA) is 79.7 Å². The number of amides is 1. The Morgan fingerprint density at radius 3 is 2.79 bits per heavy atom. The Bertz CT molecular complexity index is 1160. The molecular weight excluding hydrogens is 364 g/mol. The van der Waals surface area contributed by atoms with Crippen LogP contribution in [-0.4, -0.2) is 42.1 Å². The summed E-state index contributed by atoms with van der Waals surface area (Å²) in [5, 5.41) is 7.20. The first-order valence-corrected chi connectivity index (χ1v) is 9.91. The van der Waals surface area contributed by atoms with Gasteiger partial charge in [-0.05, 0) is 49.6 Å². The molecule has 3 aromatic heterocycles. The summed E-state index contributed by atoms with van der Waals surface area (Å²) in [6, 6.07) is 15.5. The number of nitrogens with one attached hydrogen (secondary N) is 1. The molecule has 0 aliphatic carbocycles. The minimum absolute atomic E-state index is 0.0450. The van der Waals surface area contributed by atoms with Crippen LogP contribution < -0.4 is 0 Å². The lowest BCUT2D eigenvalue weighted by Gasteiger charge is -2.35. The number of para-hydroxylation sites is 2. The van der Waals surface area contributed by atoms with E-state index in [4.69, 9.17) is 4.98 Å². The molecule has 0 unspecified atom stereocenters. The normalized spacial score (nSPS) is 17.0. The molecule has 1 aliphatic rings. The third-order valence-corrected chi connectivity index (χ3v) is 5.62. The number of aromatic amines is 1. The van der Waals surface area contributed by atoms with Crippen LogP contribution in [0.4, 0.5) is 0 Å². The van der Waals surface area contributed by atoms with Crippen LogP contribution in [0.2, 0.25) is 0 Å². The number of carbonyl (C=O) groups excluding carboxylic acids is 1. The summed E-state index contributed by atoms with van der Waals surface area (Å²) in [5.41, 5.74) is 3.94. The number of aromatic nitrogens is 5. The van der Waals surface area contributed by atoms with Crippen molar-refractivity contribution in [3.8, 4) is 11.4 Å². The predicted octanol–water partition coefficient (Wildman–Crippen LogP) is 3.73. The quantitative estimate of drug-likeness (QED) is 0.582. The lowest BCUT2D eigenvalue weighted by Crippen LogP contribution is -2.39. The Morgan fingerprint density at radius 2 is 1.97 bits per heavy atom. The standard InChI is InChI=1S/C22H22N6O/c1-27-19-10-3-2-9-16(19)24-21(27)20-11-5-7-13-28(20)22(29)18-14-17(25-26-18)15-8-4-6-12-23-15/h2-4,6,8-10,12,14,20H,5,7,11,13H2,1H3,(H,25,26)/t20-/m1/s1. The van der Waals surface area contributed by atoms with Crippen LogP contribution in [0.5, 0.6) is 0 Å². The fraction of sp³-hybridized carbons (Fsp3) is 0.273. The van der Waals surface area contributed by atoms with Crippen LogP contribution in [0.3, 0.4) is 0 Å². The minimum Gasteiger partial charge on any atom is -0.329 e. The number of hydrogen-bond donors (Lipinski definition) is 1. The molecular formula is C22H22N6O. The first kappa shape index (κ1) is 17.6. The van der Waals surface area contributed by atoms with Gasteiger partial charge in [0.05, 0.1) is 22.8 Å². The van der Waals surface area contributed by atoms with Gasteiger partial charge >= 0.3 is 0 Å². The summed E-state index contributed by atoms with van der Waals surface area (Å²) in [5.74, 6) is 0.889. The van der Waals surface area contributed by atoms with Crippen molar-refractivity contribution in [2.45, 2.75) is 25.3 Å². The van der Waals surface area contributed by atoms with Crippen LogP contribution in [0.1, 0.15) is 41.6 Å². The number of hydrogen-bond acceptors (Lipinski definition) is 4. The molecule has 7 heteroatoms. The van der Waals surface area contributed by atoms with Gasteiger partial charge < -0.3 is 9.47 Å². The van der Waals surface area contributed by atoms with E-state index in [2.05, 4.69) is 25.8 Å². The molecule has 1 aromatic carbocycles. The number of piperidine rings is 1. The predicted molar refractivity (Wildman–Crippen MR) is 110 cm³/mol. The number of H-pyrrole nitrogens is 1. The average molecular weight is 386 g/mol. The minimum atomic E-state index is -0.0461. The van der Waals surface area contributed by atoms with Crippen molar-refractivity contribution >= 4 is 16.9 Å². The third-order valence-electron chi connectivity index (χ3n) is 5.62. The summed E-state index contributed by atoms with van der Waals surface area (Å²) in [4.78, 5) is 24.4. The molecule has 0 saturated carbocycles. The van der Waals surface area contributed by atoms with Gasteiger partial charge in [-0.1, -0.05) is 18.2 Å². The Labute approximate surface area is 168 Å². The smallest absolute Gasteiger partial charge is 0.272 e. The molecule has 1 saturated heterocycles. The SMILES string of the molecule is Cn1c([C@H]2CCCCN2C(=O)c2cc(-c3ccccn3)n[nH]2)nc2ccccc21. The van der Waals surface area contributed by atoms with Crippen LogP contribution >= 0.6 is 0 Å². The highest BCUT2D eigenvalue weighted by Gasteiger charge is 2.32. The number of aryl methyl sites for hydroxylation is 1. The molecule has 4 heterocycles. The van der Waals surface area contributed by atoms with Crippen molar-refractivity contribution in [1.82, 2.24) is 29.6 Å². The van der Waals surface area contributed by atoms with E-state index in [1.54, 1.807) is 12.3 Å². The molecule has 29 heavy (non-hydrogen) atoms. The summed E-state index contributed by atoms with van der Waals surface area (Å²) >= 11 is 0. The maximum atomic E-state index is 13.4. The summed E-state index contributed by atoms with van der Waals surface area (Å²) < 4.78 is 2.11. The van der Waals surface area contributed by atoms with E-state index >= 15 is 0 Å². The van der Waals surface area contributed by atoms with Crippen LogP contribution in [0, 0.1) is 0 Å². The first-order valence-electron chi connectivity index (χ1n) is 9.91. The van der Waals surface area contributed by atoms with Gasteiger partial charge in [0.2, 0.25) is 0 Å². The van der Waals surface area contributed by atoms with E-state index in [0.717, 1.165) is 41.8 Å². The van der Waals surface area contributed by atoms with E-state index in [0.29, 0.717) is 17.9 Å². The van der Waals surface area contributed by atoms with Crippen molar-refractivity contribution in [3.63, 3.8) is 0 Å². The Balaban J connectivity index is 1.48. The van der Waals surface area contributed by atoms with Crippen molar-refractivity contribution in [3.05, 3.63) is 66.2 Å². The molecule has 4 aromatic rings. The molecule has 7 nitrogen and oxygen atoms in total. The third kappa shape index (κ3) is 3.08. The number of nitrogens with zero attached hydrogens (tertiary/aromatic N) is 5. The van der Waals surface area contributed by atoms with E-state index in [9.17, 15) is 4.79 Å². The van der Waals surface area contributed by atoms with Gasteiger partial charge in [0, 0.05) is 19.8 Å². The second-order valence-electron chi connectivity index (χ2n) is 7.41. The zero-order valence-electron chi connectivity index (χ0n) is 16.2. The maximum Gasteiger partial charge on any atom is 0.272 e. The van der Waals surface area contributed by atoms with Crippen LogP contribution in [-0.2, 0) is 7.05 Å². The van der Waals surface area contributed by atoms with Gasteiger partial charge in [-0.3, -0.25) is 14.9 Å². The van der Waals surface area contributed by atoms with Gasteiger partial charge in [-0.2, -0.15) is 5.10 Å². The maximum absolute atomic E-state index is 13.4. The second-order valence-corrected chi connectivity index (χ2v) is 7.41. The van der Waals surface area contributed by atoms with Gasteiger partial charge in [-0.25, -0.2) is 4.98 Å². The van der Waals surface area contributed by atoms with E-state index in [1.807, 2.05) is 48.3 Å². The summed E-state index contributed by atoms with van der Waals surface area (Å²) in [7, 11) is 2.03. The number of pyridine rings is 1. The average Bonchev–Trinajstić information content (AvgIpc) is 3.40. The Hall–Kier alpha value is -3.48. The highest BCUT2D eigenvalue weighted by molar-refractivity contribution is 5.93. The zero-order valence-corrected chi connectivity index (χ0v) is 16.2. The largest absolute Gasteiger partial charge is 0.329 e. The van der Waals surface area contributed by atoms with Gasteiger partial charge in [0.1, 0.15) is 17.2 Å². The fourth-order valence-electron chi connectivity index (χ4n) is 4.14. The molecule has 1 atom stereocenters. The number of carbonyl (C=O) groups is 1. The summed E-state index contributed by atoms with van der Waals surface area (Å²) in [6.45, 7) is 0.713. The van der Waals surface area contributed by atoms with Gasteiger partial charge in [0.15, 0.2) is 0 Å². The van der Waals surface area contributed by atoms with E-state index < -0.39 is 0 Å². The Kier molecular flexibility index (Phi) is 4.35. The summed E-state index contributed by atoms with van der Waals surface area (Å²) in [6.07, 6.45) is 4.70. The number of likely N-dealkylation sites (tertiary alicyclic amines) is 1. The second kappa shape index (κ2) is 7.16. The van der Waals surface area contributed by atoms with Gasteiger partial charge in [0.25, 0.3) is 5.91 Å². The molecule has 0 bridgehead atoms. The molecule has 0 radical (unpaired) electrons.